The van der Waals surface area contributed by atoms with E-state index in [1.807, 2.05) is 6.92 Å². The van der Waals surface area contributed by atoms with Gasteiger partial charge < -0.3 is 9.26 Å². The minimum absolute atomic E-state index is 0.0453. The number of sulfonamides is 1. The van der Waals surface area contributed by atoms with Crippen LogP contribution in [0, 0.1) is 6.92 Å². The fraction of sp³-hybridized carbons (Fsp3) is 0.333. The zero-order valence-electron chi connectivity index (χ0n) is 11.2. The predicted octanol–water partition coefficient (Wildman–Crippen LogP) is 1.26. The fourth-order valence-corrected chi connectivity index (χ4v) is 2.51. The van der Waals surface area contributed by atoms with Crippen LogP contribution in [-0.4, -0.2) is 25.2 Å². The van der Waals surface area contributed by atoms with Crippen molar-refractivity contribution in [2.75, 3.05) is 6.61 Å². The summed E-state index contributed by atoms with van der Waals surface area (Å²) < 4.78 is 36.6. The quantitative estimate of drug-likeness (QED) is 0.862. The molecule has 0 aliphatic carbocycles. The van der Waals surface area contributed by atoms with E-state index in [2.05, 4.69) is 14.9 Å². The lowest BCUT2D eigenvalue weighted by atomic mass is 10.3. The van der Waals surface area contributed by atoms with Gasteiger partial charge in [-0.3, -0.25) is 0 Å². The molecule has 0 saturated heterocycles. The third-order valence-corrected chi connectivity index (χ3v) is 3.85. The van der Waals surface area contributed by atoms with E-state index < -0.39 is 10.0 Å². The first kappa shape index (κ1) is 14.5. The lowest BCUT2D eigenvalue weighted by Crippen LogP contribution is -2.23. The minimum atomic E-state index is -3.61. The normalized spacial score (nSPS) is 11.5. The zero-order valence-corrected chi connectivity index (χ0v) is 12.0. The summed E-state index contributed by atoms with van der Waals surface area (Å²) in [6, 6.07) is 6.17. The van der Waals surface area contributed by atoms with Gasteiger partial charge in [0.1, 0.15) is 5.75 Å². The maximum absolute atomic E-state index is 12.0. The molecule has 1 aromatic heterocycles. The maximum atomic E-state index is 12.0. The Morgan fingerprint density at radius 3 is 2.55 bits per heavy atom. The van der Waals surface area contributed by atoms with Crippen LogP contribution in [0.25, 0.3) is 0 Å². The highest BCUT2D eigenvalue weighted by molar-refractivity contribution is 7.89. The number of ether oxygens (including phenoxy) is 1. The van der Waals surface area contributed by atoms with Crippen molar-refractivity contribution in [1.82, 2.24) is 14.9 Å². The summed E-state index contributed by atoms with van der Waals surface area (Å²) in [5.41, 5.74) is 0. The van der Waals surface area contributed by atoms with Gasteiger partial charge in [-0.15, -0.1) is 0 Å². The average molecular weight is 297 g/mol. The standard InChI is InChI=1S/C12H15N3O4S/c1-3-18-10-4-6-11(7-5-10)20(16,17)13-8-12-14-9(2)15-19-12/h4-7,13H,3,8H2,1-2H3. The molecule has 1 heterocycles. The van der Waals surface area contributed by atoms with Gasteiger partial charge in [-0.2, -0.15) is 4.98 Å². The Balaban J connectivity index is 2.05. The fourth-order valence-electron chi connectivity index (χ4n) is 1.53. The Kier molecular flexibility index (Phi) is 4.35. The molecule has 0 saturated carbocycles. The van der Waals surface area contributed by atoms with E-state index in [-0.39, 0.29) is 17.3 Å². The van der Waals surface area contributed by atoms with E-state index in [0.29, 0.717) is 18.2 Å². The number of nitrogens with one attached hydrogen (secondary N) is 1. The van der Waals surface area contributed by atoms with E-state index in [4.69, 9.17) is 9.26 Å². The Labute approximate surface area is 117 Å². The first-order valence-electron chi connectivity index (χ1n) is 6.03. The molecular weight excluding hydrogens is 282 g/mol. The second-order valence-electron chi connectivity index (χ2n) is 3.96. The lowest BCUT2D eigenvalue weighted by Gasteiger charge is -2.06. The SMILES string of the molecule is CCOc1ccc(S(=O)(=O)NCc2nc(C)no2)cc1. The molecule has 20 heavy (non-hydrogen) atoms. The molecule has 0 bridgehead atoms. The van der Waals surface area contributed by atoms with Crippen molar-refractivity contribution < 1.29 is 17.7 Å². The van der Waals surface area contributed by atoms with Crippen LogP contribution in [0.4, 0.5) is 0 Å². The molecule has 108 valence electrons. The van der Waals surface area contributed by atoms with Gasteiger partial charge in [-0.1, -0.05) is 5.16 Å². The van der Waals surface area contributed by atoms with Crippen LogP contribution in [0.2, 0.25) is 0 Å². The van der Waals surface area contributed by atoms with Crippen LogP contribution in [0.5, 0.6) is 5.75 Å². The van der Waals surface area contributed by atoms with Crippen LogP contribution in [-0.2, 0) is 16.6 Å². The second kappa shape index (κ2) is 6.02. The van der Waals surface area contributed by atoms with Gasteiger partial charge in [0.25, 0.3) is 0 Å². The molecule has 0 aliphatic heterocycles. The number of benzene rings is 1. The molecule has 0 fully saturated rings. The molecule has 0 unspecified atom stereocenters. The van der Waals surface area contributed by atoms with Crippen LogP contribution in [0.3, 0.4) is 0 Å². The molecule has 0 radical (unpaired) electrons. The average Bonchev–Trinajstić information content (AvgIpc) is 2.84. The summed E-state index contributed by atoms with van der Waals surface area (Å²) >= 11 is 0. The number of aryl methyl sites for hydroxylation is 1. The van der Waals surface area contributed by atoms with Crippen LogP contribution < -0.4 is 9.46 Å². The zero-order chi connectivity index (χ0) is 14.6. The highest BCUT2D eigenvalue weighted by Crippen LogP contribution is 2.16. The first-order valence-corrected chi connectivity index (χ1v) is 7.51. The molecule has 2 aromatic rings. The number of hydrogen-bond acceptors (Lipinski definition) is 6. The van der Waals surface area contributed by atoms with Gasteiger partial charge in [-0.05, 0) is 38.1 Å². The predicted molar refractivity (Wildman–Crippen MR) is 70.7 cm³/mol. The third-order valence-electron chi connectivity index (χ3n) is 2.43. The number of rotatable bonds is 6. The molecule has 8 heteroatoms. The highest BCUT2D eigenvalue weighted by Gasteiger charge is 2.15. The first-order chi connectivity index (χ1) is 9.51. The largest absolute Gasteiger partial charge is 0.494 e. The Morgan fingerprint density at radius 1 is 1.30 bits per heavy atom. The van der Waals surface area contributed by atoms with Gasteiger partial charge >= 0.3 is 0 Å². The summed E-state index contributed by atoms with van der Waals surface area (Å²) in [6.07, 6.45) is 0. The summed E-state index contributed by atoms with van der Waals surface area (Å²) in [7, 11) is -3.61. The van der Waals surface area contributed by atoms with Crippen molar-refractivity contribution in [3.05, 3.63) is 36.0 Å². The molecule has 1 N–H and O–H groups in total. The summed E-state index contributed by atoms with van der Waals surface area (Å²) in [5.74, 6) is 1.30. The topological polar surface area (TPSA) is 94.3 Å². The number of hydrogen-bond donors (Lipinski definition) is 1. The third kappa shape index (κ3) is 3.55. The van der Waals surface area contributed by atoms with Crippen molar-refractivity contribution >= 4 is 10.0 Å². The maximum Gasteiger partial charge on any atom is 0.241 e. The molecule has 0 spiro atoms. The van der Waals surface area contributed by atoms with E-state index in [1.165, 1.54) is 12.1 Å². The van der Waals surface area contributed by atoms with Crippen molar-refractivity contribution in [1.29, 1.82) is 0 Å². The molecule has 1 aromatic carbocycles. The van der Waals surface area contributed by atoms with E-state index in [1.54, 1.807) is 19.1 Å². The number of aromatic nitrogens is 2. The molecule has 0 aliphatic rings. The van der Waals surface area contributed by atoms with E-state index in [9.17, 15) is 8.42 Å². The second-order valence-corrected chi connectivity index (χ2v) is 5.73. The van der Waals surface area contributed by atoms with Crippen LogP contribution in [0.15, 0.2) is 33.7 Å². The molecule has 2 rings (SSSR count). The van der Waals surface area contributed by atoms with Crippen molar-refractivity contribution in [3.8, 4) is 5.75 Å². The van der Waals surface area contributed by atoms with Gasteiger partial charge in [0.2, 0.25) is 15.9 Å². The molecule has 0 atom stereocenters. The molecule has 7 nitrogen and oxygen atoms in total. The monoisotopic (exact) mass is 297 g/mol. The van der Waals surface area contributed by atoms with E-state index in [0.717, 1.165) is 0 Å². The van der Waals surface area contributed by atoms with Crippen molar-refractivity contribution in [2.45, 2.75) is 25.3 Å². The van der Waals surface area contributed by atoms with E-state index >= 15 is 0 Å². The summed E-state index contributed by atoms with van der Waals surface area (Å²) in [4.78, 5) is 4.07. The molecule has 0 amide bonds. The van der Waals surface area contributed by atoms with Gasteiger partial charge in [0.05, 0.1) is 18.0 Å². The summed E-state index contributed by atoms with van der Waals surface area (Å²) in [5, 5.41) is 3.58. The van der Waals surface area contributed by atoms with Crippen LogP contribution in [0.1, 0.15) is 18.6 Å². The summed E-state index contributed by atoms with van der Waals surface area (Å²) in [6.45, 7) is 4.00. The smallest absolute Gasteiger partial charge is 0.241 e. The highest BCUT2D eigenvalue weighted by atomic mass is 32.2. The van der Waals surface area contributed by atoms with Crippen LogP contribution >= 0.6 is 0 Å². The van der Waals surface area contributed by atoms with Gasteiger partial charge in [0.15, 0.2) is 5.82 Å². The lowest BCUT2D eigenvalue weighted by molar-refractivity contribution is 0.340. The Morgan fingerprint density at radius 2 is 2.00 bits per heavy atom. The van der Waals surface area contributed by atoms with Crippen molar-refractivity contribution in [3.63, 3.8) is 0 Å². The Hall–Kier alpha value is -1.93. The minimum Gasteiger partial charge on any atom is -0.494 e. The molecular formula is C12H15N3O4S. The van der Waals surface area contributed by atoms with Gasteiger partial charge in [-0.25, -0.2) is 13.1 Å². The Bertz CT molecular complexity index is 664. The van der Waals surface area contributed by atoms with Crippen molar-refractivity contribution in [2.24, 2.45) is 0 Å². The van der Waals surface area contributed by atoms with Gasteiger partial charge in [0, 0.05) is 0 Å². The number of nitrogens with zero attached hydrogens (tertiary/aromatic N) is 2.